The summed E-state index contributed by atoms with van der Waals surface area (Å²) in [5.74, 6) is 0.746. The molecule has 0 aliphatic heterocycles. The highest BCUT2D eigenvalue weighted by molar-refractivity contribution is 7.89. The third-order valence-electron chi connectivity index (χ3n) is 3.52. The van der Waals surface area contributed by atoms with E-state index in [1.165, 1.54) is 13.3 Å². The maximum atomic E-state index is 12.1. The van der Waals surface area contributed by atoms with Crippen molar-refractivity contribution < 1.29 is 17.9 Å². The molecule has 1 aromatic carbocycles. The maximum absolute atomic E-state index is 12.1. The summed E-state index contributed by atoms with van der Waals surface area (Å²) >= 11 is 0. The number of amides is 1. The fourth-order valence-electron chi connectivity index (χ4n) is 2.06. The molecule has 0 aliphatic rings. The van der Waals surface area contributed by atoms with E-state index in [9.17, 15) is 13.2 Å². The van der Waals surface area contributed by atoms with Gasteiger partial charge in [-0.05, 0) is 25.1 Å². The van der Waals surface area contributed by atoms with E-state index in [0.29, 0.717) is 22.9 Å². The van der Waals surface area contributed by atoms with Gasteiger partial charge < -0.3 is 20.4 Å². The summed E-state index contributed by atoms with van der Waals surface area (Å²) in [5, 5.41) is 2.57. The number of rotatable bonds is 7. The molecule has 0 saturated carbocycles. The SMILES string of the molecule is COc1ccc(NC(=O)CCNS(=O)(=O)c2cn(C)c(C)n2)cc1N. The summed E-state index contributed by atoms with van der Waals surface area (Å²) in [6.07, 6.45) is 1.38. The minimum Gasteiger partial charge on any atom is -0.495 e. The highest BCUT2D eigenvalue weighted by Gasteiger charge is 2.18. The summed E-state index contributed by atoms with van der Waals surface area (Å²) in [6.45, 7) is 1.66. The molecule has 2 rings (SSSR count). The normalized spacial score (nSPS) is 11.3. The van der Waals surface area contributed by atoms with Crippen molar-refractivity contribution in [3.63, 3.8) is 0 Å². The fourth-order valence-corrected chi connectivity index (χ4v) is 3.13. The number of hydrogen-bond donors (Lipinski definition) is 3. The van der Waals surface area contributed by atoms with Crippen molar-refractivity contribution in [2.75, 3.05) is 24.7 Å². The number of carbonyl (C=O) groups is 1. The molecule has 1 heterocycles. The number of nitrogens with two attached hydrogens (primary N) is 1. The number of sulfonamides is 1. The molecule has 0 bridgehead atoms. The van der Waals surface area contributed by atoms with Gasteiger partial charge in [0, 0.05) is 31.9 Å². The second-order valence-corrected chi connectivity index (χ2v) is 7.10. The maximum Gasteiger partial charge on any atom is 0.259 e. The minimum atomic E-state index is -3.74. The molecule has 0 aliphatic carbocycles. The van der Waals surface area contributed by atoms with Gasteiger partial charge in [-0.1, -0.05) is 0 Å². The zero-order chi connectivity index (χ0) is 18.6. The molecule has 10 heteroatoms. The topological polar surface area (TPSA) is 128 Å². The number of nitrogens with zero attached hydrogens (tertiary/aromatic N) is 2. The van der Waals surface area contributed by atoms with E-state index in [1.807, 2.05) is 0 Å². The zero-order valence-electron chi connectivity index (χ0n) is 14.2. The van der Waals surface area contributed by atoms with Gasteiger partial charge in [-0.15, -0.1) is 0 Å². The van der Waals surface area contributed by atoms with E-state index in [2.05, 4.69) is 15.0 Å². The monoisotopic (exact) mass is 367 g/mol. The molecule has 2 aromatic rings. The van der Waals surface area contributed by atoms with E-state index >= 15 is 0 Å². The first-order chi connectivity index (χ1) is 11.7. The molecular formula is C15H21N5O4S. The molecular weight excluding hydrogens is 346 g/mol. The second-order valence-electron chi connectivity index (χ2n) is 5.39. The van der Waals surface area contributed by atoms with Gasteiger partial charge >= 0.3 is 0 Å². The van der Waals surface area contributed by atoms with Gasteiger partial charge in [-0.25, -0.2) is 18.1 Å². The van der Waals surface area contributed by atoms with Crippen LogP contribution in [-0.2, 0) is 21.9 Å². The second kappa shape index (κ2) is 7.53. The quantitative estimate of drug-likeness (QED) is 0.616. The van der Waals surface area contributed by atoms with Gasteiger partial charge in [0.05, 0.1) is 12.8 Å². The van der Waals surface area contributed by atoms with Crippen molar-refractivity contribution in [3.8, 4) is 5.75 Å². The molecule has 9 nitrogen and oxygen atoms in total. The first-order valence-electron chi connectivity index (χ1n) is 7.46. The van der Waals surface area contributed by atoms with Crippen LogP contribution >= 0.6 is 0 Å². The average molecular weight is 367 g/mol. The molecule has 0 saturated heterocycles. The number of hydrogen-bond acceptors (Lipinski definition) is 6. The molecule has 4 N–H and O–H groups in total. The van der Waals surface area contributed by atoms with Crippen molar-refractivity contribution >= 4 is 27.3 Å². The summed E-state index contributed by atoms with van der Waals surface area (Å²) in [7, 11) is -0.542. The number of carbonyl (C=O) groups excluding carboxylic acids is 1. The summed E-state index contributed by atoms with van der Waals surface area (Å²) in [6, 6.07) is 4.85. The van der Waals surface area contributed by atoms with Crippen molar-refractivity contribution in [3.05, 3.63) is 30.2 Å². The highest BCUT2D eigenvalue weighted by Crippen LogP contribution is 2.24. The Hall–Kier alpha value is -2.59. The Balaban J connectivity index is 1.89. The van der Waals surface area contributed by atoms with Crippen molar-refractivity contribution in [2.45, 2.75) is 18.4 Å². The van der Waals surface area contributed by atoms with Crippen LogP contribution in [0.2, 0.25) is 0 Å². The third kappa shape index (κ3) is 4.70. The predicted octanol–water partition coefficient (Wildman–Crippen LogP) is 0.626. The number of nitrogens with one attached hydrogen (secondary N) is 2. The molecule has 136 valence electrons. The Morgan fingerprint density at radius 1 is 1.40 bits per heavy atom. The average Bonchev–Trinajstić information content (AvgIpc) is 2.87. The van der Waals surface area contributed by atoms with Crippen LogP contribution in [0.3, 0.4) is 0 Å². The number of imidazole rings is 1. The largest absolute Gasteiger partial charge is 0.495 e. The number of aromatic nitrogens is 2. The summed E-state index contributed by atoms with van der Waals surface area (Å²) in [5.41, 5.74) is 6.67. The Kier molecular flexibility index (Phi) is 5.65. The van der Waals surface area contributed by atoms with Crippen molar-refractivity contribution in [2.24, 2.45) is 7.05 Å². The lowest BCUT2D eigenvalue weighted by molar-refractivity contribution is -0.116. The van der Waals surface area contributed by atoms with E-state index in [0.717, 1.165) is 0 Å². The van der Waals surface area contributed by atoms with Crippen LogP contribution < -0.4 is 20.5 Å². The smallest absolute Gasteiger partial charge is 0.259 e. The molecule has 0 unspecified atom stereocenters. The lowest BCUT2D eigenvalue weighted by atomic mass is 10.2. The van der Waals surface area contributed by atoms with Gasteiger partial charge in [0.15, 0.2) is 5.03 Å². The Bertz CT molecular complexity index is 857. The number of aryl methyl sites for hydroxylation is 2. The standard InChI is InChI=1S/C15H21N5O4S/c1-10-18-15(9-20(10)2)25(22,23)17-7-6-14(21)19-11-4-5-13(24-3)12(16)8-11/h4-5,8-9,17H,6-7,16H2,1-3H3,(H,19,21). The van der Waals surface area contributed by atoms with Crippen LogP contribution in [0.25, 0.3) is 0 Å². The zero-order valence-corrected chi connectivity index (χ0v) is 15.1. The Labute approximate surface area is 146 Å². The Morgan fingerprint density at radius 3 is 2.68 bits per heavy atom. The van der Waals surface area contributed by atoms with Crippen LogP contribution in [-0.4, -0.2) is 37.5 Å². The highest BCUT2D eigenvalue weighted by atomic mass is 32.2. The van der Waals surface area contributed by atoms with Gasteiger partial charge in [-0.2, -0.15) is 0 Å². The molecule has 0 fully saturated rings. The lowest BCUT2D eigenvalue weighted by Gasteiger charge is -2.09. The van der Waals surface area contributed by atoms with Crippen LogP contribution in [0, 0.1) is 6.92 Å². The lowest BCUT2D eigenvalue weighted by Crippen LogP contribution is -2.28. The van der Waals surface area contributed by atoms with E-state index < -0.39 is 10.0 Å². The first-order valence-corrected chi connectivity index (χ1v) is 8.94. The summed E-state index contributed by atoms with van der Waals surface area (Å²) < 4.78 is 33.2. The first kappa shape index (κ1) is 18.7. The number of ether oxygens (including phenoxy) is 1. The van der Waals surface area contributed by atoms with Crippen LogP contribution in [0.1, 0.15) is 12.2 Å². The van der Waals surface area contributed by atoms with Gasteiger partial charge in [0.25, 0.3) is 10.0 Å². The van der Waals surface area contributed by atoms with Crippen LogP contribution in [0.5, 0.6) is 5.75 Å². The fraction of sp³-hybridized carbons (Fsp3) is 0.333. The molecule has 1 amide bonds. The Morgan fingerprint density at radius 2 is 2.12 bits per heavy atom. The van der Waals surface area contributed by atoms with E-state index in [-0.39, 0.29) is 23.9 Å². The van der Waals surface area contributed by atoms with Crippen molar-refractivity contribution in [1.29, 1.82) is 0 Å². The number of anilines is 2. The number of benzene rings is 1. The van der Waals surface area contributed by atoms with Gasteiger partial charge in [0.1, 0.15) is 11.6 Å². The van der Waals surface area contributed by atoms with E-state index in [1.54, 1.807) is 36.7 Å². The van der Waals surface area contributed by atoms with Gasteiger partial charge in [0.2, 0.25) is 5.91 Å². The predicted molar refractivity (Wildman–Crippen MR) is 93.8 cm³/mol. The van der Waals surface area contributed by atoms with Crippen LogP contribution in [0.15, 0.2) is 29.4 Å². The molecule has 0 atom stereocenters. The third-order valence-corrected chi connectivity index (χ3v) is 4.85. The molecule has 1 aromatic heterocycles. The van der Waals surface area contributed by atoms with Crippen LogP contribution in [0.4, 0.5) is 11.4 Å². The molecule has 0 radical (unpaired) electrons. The summed E-state index contributed by atoms with van der Waals surface area (Å²) in [4.78, 5) is 15.9. The van der Waals surface area contributed by atoms with Crippen molar-refractivity contribution in [1.82, 2.24) is 14.3 Å². The molecule has 25 heavy (non-hydrogen) atoms. The minimum absolute atomic E-state index is 0.0308. The molecule has 0 spiro atoms. The van der Waals surface area contributed by atoms with E-state index in [4.69, 9.17) is 10.5 Å². The van der Waals surface area contributed by atoms with Gasteiger partial charge in [-0.3, -0.25) is 4.79 Å². The number of methoxy groups -OCH3 is 1. The number of nitrogen functional groups attached to an aromatic ring is 1.